The Labute approximate surface area is 173 Å². The second kappa shape index (κ2) is 8.84. The number of anilines is 1. The molecule has 0 spiro atoms. The van der Waals surface area contributed by atoms with Crippen molar-refractivity contribution in [3.63, 3.8) is 0 Å². The Kier molecular flexibility index (Phi) is 6.70. The molecular weight excluding hydrogens is 427 g/mol. The van der Waals surface area contributed by atoms with Gasteiger partial charge in [0.25, 0.3) is 0 Å². The van der Waals surface area contributed by atoms with Crippen LogP contribution in [0.5, 0.6) is 0 Å². The van der Waals surface area contributed by atoms with Crippen molar-refractivity contribution in [2.75, 3.05) is 24.2 Å². The van der Waals surface area contributed by atoms with Gasteiger partial charge in [-0.15, -0.1) is 11.8 Å². The zero-order valence-corrected chi connectivity index (χ0v) is 17.5. The third kappa shape index (κ3) is 5.18. The van der Waals surface area contributed by atoms with Crippen molar-refractivity contribution in [2.24, 2.45) is 0 Å². The van der Waals surface area contributed by atoms with E-state index in [4.69, 9.17) is 23.2 Å². The average molecular weight is 445 g/mol. The molecule has 1 fully saturated rings. The quantitative estimate of drug-likeness (QED) is 0.665. The van der Waals surface area contributed by atoms with Crippen LogP contribution < -0.4 is 5.32 Å². The number of benzene rings is 2. The van der Waals surface area contributed by atoms with E-state index in [1.54, 1.807) is 42.5 Å². The fourth-order valence-corrected chi connectivity index (χ4v) is 5.22. The summed E-state index contributed by atoms with van der Waals surface area (Å²) in [6, 6.07) is 11.5. The van der Waals surface area contributed by atoms with Gasteiger partial charge in [-0.3, -0.25) is 4.79 Å². The van der Waals surface area contributed by atoms with Gasteiger partial charge in [0.1, 0.15) is 0 Å². The lowest BCUT2D eigenvalue weighted by Gasteiger charge is -2.15. The molecule has 0 bridgehead atoms. The molecule has 2 aromatic carbocycles. The first-order valence-electron chi connectivity index (χ1n) is 8.34. The van der Waals surface area contributed by atoms with E-state index >= 15 is 0 Å². The molecule has 0 aliphatic carbocycles. The Morgan fingerprint density at radius 3 is 2.33 bits per heavy atom. The number of carbonyl (C=O) groups is 1. The summed E-state index contributed by atoms with van der Waals surface area (Å²) in [5.74, 6) is 0.00510. The molecule has 5 nitrogen and oxygen atoms in total. The lowest BCUT2D eigenvalue weighted by Crippen LogP contribution is -2.27. The topological polar surface area (TPSA) is 66.5 Å². The number of halogens is 2. The van der Waals surface area contributed by atoms with E-state index in [-0.39, 0.29) is 16.6 Å². The van der Waals surface area contributed by atoms with Crippen LogP contribution in [0.3, 0.4) is 0 Å². The molecule has 1 amide bonds. The summed E-state index contributed by atoms with van der Waals surface area (Å²) in [7, 11) is -3.41. The molecule has 0 aromatic heterocycles. The molecule has 1 heterocycles. The molecule has 1 N–H and O–H groups in total. The van der Waals surface area contributed by atoms with E-state index in [1.165, 1.54) is 16.1 Å². The summed E-state index contributed by atoms with van der Waals surface area (Å²) in [6.45, 7) is 1.15. The molecule has 0 atom stereocenters. The van der Waals surface area contributed by atoms with Crippen LogP contribution in [0.25, 0.3) is 0 Å². The highest BCUT2D eigenvalue weighted by molar-refractivity contribution is 8.00. The Bertz CT molecular complexity index is 928. The highest BCUT2D eigenvalue weighted by Gasteiger charge is 2.26. The van der Waals surface area contributed by atoms with Crippen LogP contribution in [-0.2, 0) is 14.8 Å². The summed E-state index contributed by atoms with van der Waals surface area (Å²) in [6.07, 6.45) is 1.81. The van der Waals surface area contributed by atoms with Crippen molar-refractivity contribution in [1.82, 2.24) is 4.31 Å². The molecule has 27 heavy (non-hydrogen) atoms. The normalized spacial score (nSPS) is 15.0. The second-order valence-electron chi connectivity index (χ2n) is 6.05. The van der Waals surface area contributed by atoms with Crippen LogP contribution in [0.1, 0.15) is 12.8 Å². The molecule has 2 aromatic rings. The molecule has 1 saturated heterocycles. The summed E-state index contributed by atoms with van der Waals surface area (Å²) in [5, 5.41) is 3.54. The standard InChI is InChI=1S/C18H18Cl2N2O3S2/c19-16-8-3-13(11-17(16)20)21-18(23)12-26-14-4-6-15(7-5-14)27(24,25)22-9-1-2-10-22/h3-8,11H,1-2,9-10,12H2,(H,21,23). The van der Waals surface area contributed by atoms with Crippen molar-refractivity contribution < 1.29 is 13.2 Å². The van der Waals surface area contributed by atoms with Gasteiger partial charge in [-0.25, -0.2) is 8.42 Å². The SMILES string of the molecule is O=C(CSc1ccc(S(=O)(=O)N2CCCC2)cc1)Nc1ccc(Cl)c(Cl)c1. The Balaban J connectivity index is 1.56. The lowest BCUT2D eigenvalue weighted by atomic mass is 10.3. The predicted molar refractivity (Wildman–Crippen MR) is 110 cm³/mol. The van der Waals surface area contributed by atoms with Crippen molar-refractivity contribution in [2.45, 2.75) is 22.6 Å². The van der Waals surface area contributed by atoms with E-state index in [0.717, 1.165) is 17.7 Å². The minimum Gasteiger partial charge on any atom is -0.325 e. The Morgan fingerprint density at radius 2 is 1.70 bits per heavy atom. The van der Waals surface area contributed by atoms with E-state index in [1.807, 2.05) is 0 Å². The third-order valence-electron chi connectivity index (χ3n) is 4.10. The van der Waals surface area contributed by atoms with Crippen LogP contribution in [0.2, 0.25) is 10.0 Å². The number of amides is 1. The predicted octanol–water partition coefficient (Wildman–Crippen LogP) is 4.51. The monoisotopic (exact) mass is 444 g/mol. The van der Waals surface area contributed by atoms with Crippen LogP contribution in [0.4, 0.5) is 5.69 Å². The van der Waals surface area contributed by atoms with Crippen molar-refractivity contribution in [1.29, 1.82) is 0 Å². The molecule has 0 saturated carbocycles. The minimum absolute atomic E-state index is 0.188. The van der Waals surface area contributed by atoms with Crippen LogP contribution in [-0.4, -0.2) is 37.5 Å². The van der Waals surface area contributed by atoms with Gasteiger partial charge in [-0.05, 0) is 55.3 Å². The van der Waals surface area contributed by atoms with Crippen LogP contribution in [0.15, 0.2) is 52.3 Å². The maximum absolute atomic E-state index is 12.5. The van der Waals surface area contributed by atoms with Crippen molar-refractivity contribution >= 4 is 56.6 Å². The first-order valence-corrected chi connectivity index (χ1v) is 11.5. The lowest BCUT2D eigenvalue weighted by molar-refractivity contribution is -0.113. The Morgan fingerprint density at radius 1 is 1.04 bits per heavy atom. The summed E-state index contributed by atoms with van der Waals surface area (Å²) in [5.41, 5.74) is 0.571. The number of rotatable bonds is 6. The largest absolute Gasteiger partial charge is 0.325 e. The van der Waals surface area contributed by atoms with Gasteiger partial charge in [-0.1, -0.05) is 23.2 Å². The average Bonchev–Trinajstić information content (AvgIpc) is 3.19. The Hall–Kier alpha value is -1.25. The van der Waals surface area contributed by atoms with Gasteiger partial charge in [0.05, 0.1) is 20.7 Å². The number of hydrogen-bond donors (Lipinski definition) is 1. The molecule has 9 heteroatoms. The zero-order valence-electron chi connectivity index (χ0n) is 14.3. The molecule has 0 radical (unpaired) electrons. The maximum atomic E-state index is 12.5. The van der Waals surface area contributed by atoms with Gasteiger partial charge < -0.3 is 5.32 Å². The molecule has 3 rings (SSSR count). The first-order chi connectivity index (χ1) is 12.9. The highest BCUT2D eigenvalue weighted by atomic mass is 35.5. The van der Waals surface area contributed by atoms with Gasteiger partial charge in [0.15, 0.2) is 0 Å². The second-order valence-corrected chi connectivity index (χ2v) is 9.85. The summed E-state index contributed by atoms with van der Waals surface area (Å²) >= 11 is 13.1. The number of hydrogen-bond acceptors (Lipinski definition) is 4. The third-order valence-corrected chi connectivity index (χ3v) is 7.76. The number of nitrogens with zero attached hydrogens (tertiary/aromatic N) is 1. The van der Waals surface area contributed by atoms with Crippen LogP contribution >= 0.6 is 35.0 Å². The van der Waals surface area contributed by atoms with Crippen LogP contribution in [0, 0.1) is 0 Å². The van der Waals surface area contributed by atoms with E-state index in [2.05, 4.69) is 5.32 Å². The molecule has 1 aliphatic rings. The molecule has 1 aliphatic heterocycles. The highest BCUT2D eigenvalue weighted by Crippen LogP contribution is 2.26. The fourth-order valence-electron chi connectivity index (χ4n) is 2.71. The van der Waals surface area contributed by atoms with Gasteiger partial charge >= 0.3 is 0 Å². The summed E-state index contributed by atoms with van der Waals surface area (Å²) < 4.78 is 26.5. The smallest absolute Gasteiger partial charge is 0.243 e. The number of nitrogens with one attached hydrogen (secondary N) is 1. The van der Waals surface area contributed by atoms with Crippen molar-refractivity contribution in [3.05, 3.63) is 52.5 Å². The molecule has 0 unspecified atom stereocenters. The van der Waals surface area contributed by atoms with Crippen molar-refractivity contribution in [3.8, 4) is 0 Å². The van der Waals surface area contributed by atoms with E-state index in [0.29, 0.717) is 28.8 Å². The molecular formula is C18H18Cl2N2O3S2. The molecule has 144 valence electrons. The fraction of sp³-hybridized carbons (Fsp3) is 0.278. The first kappa shape index (κ1) is 20.5. The van der Waals surface area contributed by atoms with E-state index in [9.17, 15) is 13.2 Å². The number of thioether (sulfide) groups is 1. The zero-order chi connectivity index (χ0) is 19.4. The van der Waals surface area contributed by atoms with Gasteiger partial charge in [0.2, 0.25) is 15.9 Å². The minimum atomic E-state index is -3.41. The number of carbonyl (C=O) groups excluding carboxylic acids is 1. The van der Waals surface area contributed by atoms with Gasteiger partial charge in [0, 0.05) is 23.7 Å². The maximum Gasteiger partial charge on any atom is 0.243 e. The number of sulfonamides is 1. The summed E-state index contributed by atoms with van der Waals surface area (Å²) in [4.78, 5) is 13.2. The van der Waals surface area contributed by atoms with Gasteiger partial charge in [-0.2, -0.15) is 4.31 Å². The van der Waals surface area contributed by atoms with E-state index < -0.39 is 10.0 Å².